The highest BCUT2D eigenvalue weighted by Crippen LogP contribution is 2.31. The molecule has 1 aliphatic rings. The van der Waals surface area contributed by atoms with E-state index >= 15 is 0 Å². The second-order valence-electron chi connectivity index (χ2n) is 4.46. The molecule has 1 heterocycles. The molecule has 6 heteroatoms. The lowest BCUT2D eigenvalue weighted by atomic mass is 10.0. The van der Waals surface area contributed by atoms with Gasteiger partial charge in [0.1, 0.15) is 5.02 Å². The summed E-state index contributed by atoms with van der Waals surface area (Å²) in [6.45, 7) is 2.45. The van der Waals surface area contributed by atoms with Gasteiger partial charge in [-0.25, -0.2) is 0 Å². The van der Waals surface area contributed by atoms with E-state index in [1.165, 1.54) is 6.07 Å². The first kappa shape index (κ1) is 13.3. The summed E-state index contributed by atoms with van der Waals surface area (Å²) in [5, 5.41) is 11.0. The van der Waals surface area contributed by atoms with Crippen LogP contribution >= 0.6 is 11.6 Å². The highest BCUT2D eigenvalue weighted by atomic mass is 35.5. The molecule has 5 nitrogen and oxygen atoms in total. The van der Waals surface area contributed by atoms with Gasteiger partial charge < -0.3 is 5.73 Å². The van der Waals surface area contributed by atoms with E-state index in [1.807, 2.05) is 6.07 Å². The monoisotopic (exact) mass is 269 g/mol. The Hall–Kier alpha value is -1.17. The molecule has 1 unspecified atom stereocenters. The molecule has 0 bridgehead atoms. The predicted octanol–water partition coefficient (Wildman–Crippen LogP) is 2.34. The number of benzene rings is 1. The van der Waals surface area contributed by atoms with E-state index in [0.717, 1.165) is 31.5 Å². The highest BCUT2D eigenvalue weighted by molar-refractivity contribution is 6.32. The van der Waals surface area contributed by atoms with Crippen LogP contribution in [0.5, 0.6) is 0 Å². The number of halogens is 1. The Labute approximate surface area is 111 Å². The molecular weight excluding hydrogens is 254 g/mol. The average Bonchev–Trinajstić information content (AvgIpc) is 2.85. The highest BCUT2D eigenvalue weighted by Gasteiger charge is 2.24. The minimum absolute atomic E-state index is 0.0449. The predicted molar refractivity (Wildman–Crippen MR) is 70.7 cm³/mol. The van der Waals surface area contributed by atoms with Gasteiger partial charge in [0.2, 0.25) is 0 Å². The molecule has 1 aliphatic heterocycles. The van der Waals surface area contributed by atoms with Crippen LogP contribution in [0.1, 0.15) is 24.4 Å². The maximum Gasteiger partial charge on any atom is 0.288 e. The van der Waals surface area contributed by atoms with E-state index in [2.05, 4.69) is 4.90 Å². The van der Waals surface area contributed by atoms with Crippen LogP contribution in [0.4, 0.5) is 5.69 Å². The zero-order valence-electron chi connectivity index (χ0n) is 10.0. The van der Waals surface area contributed by atoms with Gasteiger partial charge in [0.25, 0.3) is 5.69 Å². The Balaban J connectivity index is 2.30. The van der Waals surface area contributed by atoms with Gasteiger partial charge in [0, 0.05) is 18.7 Å². The van der Waals surface area contributed by atoms with Gasteiger partial charge in [-0.1, -0.05) is 17.7 Å². The van der Waals surface area contributed by atoms with E-state index in [-0.39, 0.29) is 16.8 Å². The van der Waals surface area contributed by atoms with Gasteiger partial charge in [-0.05, 0) is 37.6 Å². The number of nitro groups is 1. The summed E-state index contributed by atoms with van der Waals surface area (Å²) < 4.78 is 0. The molecule has 2 rings (SSSR count). The number of nitrogens with two attached hydrogens (primary N) is 1. The lowest BCUT2D eigenvalue weighted by molar-refractivity contribution is -0.384. The zero-order valence-corrected chi connectivity index (χ0v) is 10.8. The molecule has 1 aromatic carbocycles. The van der Waals surface area contributed by atoms with Crippen molar-refractivity contribution in [1.82, 2.24) is 4.90 Å². The Morgan fingerprint density at radius 2 is 2.11 bits per heavy atom. The summed E-state index contributed by atoms with van der Waals surface area (Å²) in [5.41, 5.74) is 6.63. The van der Waals surface area contributed by atoms with Gasteiger partial charge in [-0.3, -0.25) is 15.0 Å². The standard InChI is InChI=1S/C12H16ClN3O2/c13-10-4-3-9(7-11(10)16(17)18)12(8-14)15-5-1-2-6-15/h3-4,7,12H,1-2,5-6,8,14H2. The van der Waals surface area contributed by atoms with Crippen molar-refractivity contribution in [3.8, 4) is 0 Å². The fourth-order valence-electron chi connectivity index (χ4n) is 2.43. The van der Waals surface area contributed by atoms with Gasteiger partial charge in [0.15, 0.2) is 0 Å². The Bertz CT molecular complexity index is 447. The fraction of sp³-hybridized carbons (Fsp3) is 0.500. The molecule has 1 fully saturated rings. The molecule has 0 aliphatic carbocycles. The van der Waals surface area contributed by atoms with Gasteiger partial charge in [-0.2, -0.15) is 0 Å². The van der Waals surface area contributed by atoms with Crippen LogP contribution in [-0.4, -0.2) is 29.5 Å². The third kappa shape index (κ3) is 2.63. The lowest BCUT2D eigenvalue weighted by Crippen LogP contribution is -2.31. The normalized spacial score (nSPS) is 17.9. The molecule has 0 amide bonds. The van der Waals surface area contributed by atoms with Crippen molar-refractivity contribution in [2.45, 2.75) is 18.9 Å². The summed E-state index contributed by atoms with van der Waals surface area (Å²) >= 11 is 5.81. The minimum atomic E-state index is -0.455. The summed E-state index contributed by atoms with van der Waals surface area (Å²) in [6.07, 6.45) is 2.32. The second-order valence-corrected chi connectivity index (χ2v) is 4.87. The summed E-state index contributed by atoms with van der Waals surface area (Å²) in [6, 6.07) is 4.99. The summed E-state index contributed by atoms with van der Waals surface area (Å²) in [7, 11) is 0. The van der Waals surface area contributed by atoms with E-state index in [9.17, 15) is 10.1 Å². The Kier molecular flexibility index (Phi) is 4.16. The third-order valence-corrected chi connectivity index (χ3v) is 3.68. The first-order chi connectivity index (χ1) is 8.63. The zero-order chi connectivity index (χ0) is 13.1. The molecule has 1 saturated heterocycles. The average molecular weight is 270 g/mol. The first-order valence-electron chi connectivity index (χ1n) is 6.01. The Morgan fingerprint density at radius 1 is 1.44 bits per heavy atom. The smallest absolute Gasteiger partial charge is 0.288 e. The van der Waals surface area contributed by atoms with Crippen molar-refractivity contribution in [3.05, 3.63) is 38.9 Å². The van der Waals surface area contributed by atoms with Crippen LogP contribution < -0.4 is 5.73 Å². The van der Waals surface area contributed by atoms with Crippen molar-refractivity contribution in [2.75, 3.05) is 19.6 Å². The van der Waals surface area contributed by atoms with Gasteiger partial charge >= 0.3 is 0 Å². The molecule has 0 spiro atoms. The van der Waals surface area contributed by atoms with Crippen LogP contribution in [-0.2, 0) is 0 Å². The second kappa shape index (κ2) is 5.65. The van der Waals surface area contributed by atoms with Crippen molar-refractivity contribution in [1.29, 1.82) is 0 Å². The maximum atomic E-state index is 10.9. The molecule has 98 valence electrons. The number of likely N-dealkylation sites (tertiary alicyclic amines) is 1. The van der Waals surface area contributed by atoms with Crippen molar-refractivity contribution < 1.29 is 4.92 Å². The number of hydrogen-bond donors (Lipinski definition) is 1. The molecule has 1 aromatic rings. The Morgan fingerprint density at radius 3 is 2.67 bits per heavy atom. The largest absolute Gasteiger partial charge is 0.329 e. The number of nitrogens with zero attached hydrogens (tertiary/aromatic N) is 2. The van der Waals surface area contributed by atoms with Crippen molar-refractivity contribution in [2.24, 2.45) is 5.73 Å². The summed E-state index contributed by atoms with van der Waals surface area (Å²) in [4.78, 5) is 12.7. The number of rotatable bonds is 4. The van der Waals surface area contributed by atoms with Crippen molar-refractivity contribution >= 4 is 17.3 Å². The van der Waals surface area contributed by atoms with Gasteiger partial charge in [0.05, 0.1) is 4.92 Å². The SMILES string of the molecule is NCC(c1ccc(Cl)c([N+](=O)[O-])c1)N1CCCC1. The van der Waals surface area contributed by atoms with Crippen molar-refractivity contribution in [3.63, 3.8) is 0 Å². The molecular formula is C12H16ClN3O2. The van der Waals surface area contributed by atoms with E-state index in [0.29, 0.717) is 6.54 Å². The molecule has 2 N–H and O–H groups in total. The fourth-order valence-corrected chi connectivity index (χ4v) is 2.61. The topological polar surface area (TPSA) is 72.4 Å². The number of hydrogen-bond acceptors (Lipinski definition) is 4. The molecule has 1 atom stereocenters. The van der Waals surface area contributed by atoms with E-state index in [4.69, 9.17) is 17.3 Å². The van der Waals surface area contributed by atoms with Crippen LogP contribution in [0, 0.1) is 10.1 Å². The minimum Gasteiger partial charge on any atom is -0.329 e. The molecule has 18 heavy (non-hydrogen) atoms. The molecule has 0 aromatic heterocycles. The quantitative estimate of drug-likeness (QED) is 0.673. The van der Waals surface area contributed by atoms with Crippen LogP contribution in [0.25, 0.3) is 0 Å². The maximum absolute atomic E-state index is 10.9. The van der Waals surface area contributed by atoms with E-state index in [1.54, 1.807) is 6.07 Å². The van der Waals surface area contributed by atoms with E-state index < -0.39 is 4.92 Å². The lowest BCUT2D eigenvalue weighted by Gasteiger charge is -2.26. The first-order valence-corrected chi connectivity index (χ1v) is 6.39. The number of nitro benzene ring substituents is 1. The molecule has 0 saturated carbocycles. The van der Waals surface area contributed by atoms with Crippen LogP contribution in [0.2, 0.25) is 5.02 Å². The third-order valence-electron chi connectivity index (χ3n) is 3.36. The summed E-state index contributed by atoms with van der Waals surface area (Å²) in [5.74, 6) is 0. The van der Waals surface area contributed by atoms with Crippen LogP contribution in [0.3, 0.4) is 0 Å². The van der Waals surface area contributed by atoms with Gasteiger partial charge in [-0.15, -0.1) is 0 Å². The van der Waals surface area contributed by atoms with Crippen LogP contribution in [0.15, 0.2) is 18.2 Å². The molecule has 0 radical (unpaired) electrons.